The largest absolute Gasteiger partial charge is 0.336 e. The van der Waals surface area contributed by atoms with E-state index in [1.54, 1.807) is 18.1 Å². The fourth-order valence-electron chi connectivity index (χ4n) is 2.88. The minimum absolute atomic E-state index is 0.210. The molecule has 2 aromatic carbocycles. The van der Waals surface area contributed by atoms with Gasteiger partial charge in [0.05, 0.1) is 0 Å². The monoisotopic (exact) mass is 368 g/mol. The van der Waals surface area contributed by atoms with Crippen molar-refractivity contribution in [1.29, 1.82) is 0 Å². The first-order valence-corrected chi connectivity index (χ1v) is 8.66. The number of benzene rings is 2. The number of hydrogen-bond acceptors (Lipinski definition) is 2. The normalized spacial score (nSPS) is 11.8. The molecule has 3 aromatic rings. The van der Waals surface area contributed by atoms with Crippen molar-refractivity contribution in [1.82, 2.24) is 14.5 Å². The molecule has 0 aliphatic carbocycles. The van der Waals surface area contributed by atoms with Gasteiger partial charge in [0.25, 0.3) is 0 Å². The highest BCUT2D eigenvalue weighted by Gasteiger charge is 2.26. The van der Waals surface area contributed by atoms with Crippen LogP contribution in [0.4, 0.5) is 10.5 Å². The molecule has 1 aromatic heterocycles. The summed E-state index contributed by atoms with van der Waals surface area (Å²) in [7, 11) is 3.68. The van der Waals surface area contributed by atoms with Crippen LogP contribution in [0.3, 0.4) is 0 Å². The van der Waals surface area contributed by atoms with Crippen LogP contribution in [0.25, 0.3) is 0 Å². The molecule has 0 spiro atoms. The molecule has 2 amide bonds. The molecule has 0 aliphatic rings. The summed E-state index contributed by atoms with van der Waals surface area (Å²) in [5.41, 5.74) is 2.78. The van der Waals surface area contributed by atoms with Gasteiger partial charge in [-0.15, -0.1) is 0 Å². The summed E-state index contributed by atoms with van der Waals surface area (Å²) in [5.74, 6) is 0.772. The van der Waals surface area contributed by atoms with Crippen molar-refractivity contribution >= 4 is 23.3 Å². The molecule has 5 nitrogen and oxygen atoms in total. The van der Waals surface area contributed by atoms with E-state index in [4.69, 9.17) is 11.6 Å². The first-order chi connectivity index (χ1) is 12.5. The third-order valence-electron chi connectivity index (χ3n) is 4.27. The summed E-state index contributed by atoms with van der Waals surface area (Å²) < 4.78 is 1.91. The standard InChI is InChI=1S/C20H21ClN4O/c1-14-5-4-6-17(13-14)23-20(26)25(3)18(19-22-11-12-24(19)2)15-7-9-16(21)10-8-15/h4-13,18H,1-3H3,(H,23,26)/t18-/m0/s1. The minimum Gasteiger partial charge on any atom is -0.336 e. The lowest BCUT2D eigenvalue weighted by Crippen LogP contribution is -2.36. The third-order valence-corrected chi connectivity index (χ3v) is 4.52. The van der Waals surface area contributed by atoms with Crippen molar-refractivity contribution < 1.29 is 4.79 Å². The Morgan fingerprint density at radius 2 is 1.96 bits per heavy atom. The van der Waals surface area contributed by atoms with E-state index in [1.165, 1.54) is 0 Å². The summed E-state index contributed by atoms with van der Waals surface area (Å²) in [6.45, 7) is 1.99. The molecule has 26 heavy (non-hydrogen) atoms. The summed E-state index contributed by atoms with van der Waals surface area (Å²) in [6, 6.07) is 14.6. The van der Waals surface area contributed by atoms with E-state index < -0.39 is 0 Å². The fourth-order valence-corrected chi connectivity index (χ4v) is 3.01. The molecule has 134 valence electrons. The summed E-state index contributed by atoms with van der Waals surface area (Å²) in [5, 5.41) is 3.60. The van der Waals surface area contributed by atoms with Crippen LogP contribution in [-0.4, -0.2) is 27.5 Å². The number of imidazole rings is 1. The lowest BCUT2D eigenvalue weighted by molar-refractivity contribution is 0.209. The van der Waals surface area contributed by atoms with Crippen LogP contribution in [0, 0.1) is 6.92 Å². The summed E-state index contributed by atoms with van der Waals surface area (Å²) >= 11 is 6.02. The van der Waals surface area contributed by atoms with Gasteiger partial charge in [0.1, 0.15) is 11.9 Å². The predicted molar refractivity (Wildman–Crippen MR) is 104 cm³/mol. The first kappa shape index (κ1) is 18.0. The molecule has 3 rings (SSSR count). The highest BCUT2D eigenvalue weighted by Crippen LogP contribution is 2.28. The van der Waals surface area contributed by atoms with Crippen molar-refractivity contribution in [2.45, 2.75) is 13.0 Å². The molecular formula is C20H21ClN4O. The number of hydrogen-bond donors (Lipinski definition) is 1. The summed E-state index contributed by atoms with van der Waals surface area (Å²) in [4.78, 5) is 19.0. The Hall–Kier alpha value is -2.79. The average Bonchev–Trinajstić information content (AvgIpc) is 3.02. The average molecular weight is 369 g/mol. The van der Waals surface area contributed by atoms with Crippen LogP contribution in [0.1, 0.15) is 23.0 Å². The van der Waals surface area contributed by atoms with E-state index in [-0.39, 0.29) is 12.1 Å². The number of aromatic nitrogens is 2. The molecule has 1 heterocycles. The summed E-state index contributed by atoms with van der Waals surface area (Å²) in [6.07, 6.45) is 3.59. The van der Waals surface area contributed by atoms with Crippen molar-refractivity contribution in [3.8, 4) is 0 Å². The second-order valence-electron chi connectivity index (χ2n) is 6.26. The van der Waals surface area contributed by atoms with Crippen molar-refractivity contribution in [2.75, 3.05) is 12.4 Å². The van der Waals surface area contributed by atoms with E-state index in [0.717, 1.165) is 22.6 Å². The lowest BCUT2D eigenvalue weighted by Gasteiger charge is -2.28. The Bertz CT molecular complexity index is 904. The number of anilines is 1. The molecule has 0 saturated heterocycles. The molecule has 1 atom stereocenters. The molecule has 0 radical (unpaired) electrons. The number of rotatable bonds is 4. The zero-order chi connectivity index (χ0) is 18.7. The van der Waals surface area contributed by atoms with E-state index in [2.05, 4.69) is 10.3 Å². The topological polar surface area (TPSA) is 50.2 Å². The maximum atomic E-state index is 12.9. The Labute approximate surface area is 158 Å². The maximum absolute atomic E-state index is 12.9. The number of nitrogens with one attached hydrogen (secondary N) is 1. The Morgan fingerprint density at radius 1 is 1.23 bits per heavy atom. The van der Waals surface area contributed by atoms with Crippen molar-refractivity contribution in [3.63, 3.8) is 0 Å². The molecule has 1 N–H and O–H groups in total. The Morgan fingerprint density at radius 3 is 2.58 bits per heavy atom. The van der Waals surface area contributed by atoms with Crippen LogP contribution >= 0.6 is 11.6 Å². The first-order valence-electron chi connectivity index (χ1n) is 8.29. The SMILES string of the molecule is Cc1cccc(NC(=O)N(C)[C@@H](c2ccc(Cl)cc2)c2nccn2C)c1. The number of nitrogens with zero attached hydrogens (tertiary/aromatic N) is 3. The number of carbonyl (C=O) groups is 1. The second kappa shape index (κ2) is 7.62. The highest BCUT2D eigenvalue weighted by molar-refractivity contribution is 6.30. The van der Waals surface area contributed by atoms with Crippen LogP contribution < -0.4 is 5.32 Å². The van der Waals surface area contributed by atoms with Gasteiger partial charge in [0.2, 0.25) is 0 Å². The second-order valence-corrected chi connectivity index (χ2v) is 6.70. The van der Waals surface area contributed by atoms with Gasteiger partial charge in [-0.3, -0.25) is 0 Å². The zero-order valence-corrected chi connectivity index (χ0v) is 15.7. The molecule has 0 bridgehead atoms. The lowest BCUT2D eigenvalue weighted by atomic mass is 10.1. The molecule has 0 unspecified atom stereocenters. The number of amides is 2. The zero-order valence-electron chi connectivity index (χ0n) is 15.0. The molecule has 0 fully saturated rings. The van der Waals surface area contributed by atoms with Gasteiger partial charge in [-0.25, -0.2) is 9.78 Å². The van der Waals surface area contributed by atoms with E-state index >= 15 is 0 Å². The van der Waals surface area contributed by atoms with Crippen molar-refractivity contribution in [3.05, 3.63) is 82.9 Å². The number of carbonyl (C=O) groups excluding carboxylic acids is 1. The van der Waals surface area contributed by atoms with Crippen LogP contribution in [0.2, 0.25) is 5.02 Å². The van der Waals surface area contributed by atoms with Gasteiger partial charge >= 0.3 is 6.03 Å². The predicted octanol–water partition coefficient (Wildman–Crippen LogP) is 4.64. The van der Waals surface area contributed by atoms with E-state index in [0.29, 0.717) is 5.02 Å². The Balaban J connectivity index is 1.92. The fraction of sp³-hybridized carbons (Fsp3) is 0.200. The molecule has 6 heteroatoms. The van der Waals surface area contributed by atoms with Gasteiger partial charge in [0, 0.05) is 37.2 Å². The highest BCUT2D eigenvalue weighted by atomic mass is 35.5. The third kappa shape index (κ3) is 3.89. The van der Waals surface area contributed by atoms with Gasteiger partial charge in [-0.2, -0.15) is 0 Å². The van der Waals surface area contributed by atoms with Crippen LogP contribution in [-0.2, 0) is 7.05 Å². The van der Waals surface area contributed by atoms with Crippen LogP contribution in [0.5, 0.6) is 0 Å². The van der Waals surface area contributed by atoms with E-state index in [9.17, 15) is 4.79 Å². The smallest absolute Gasteiger partial charge is 0.322 e. The van der Waals surface area contributed by atoms with E-state index in [1.807, 2.05) is 73.3 Å². The Kier molecular flexibility index (Phi) is 5.28. The van der Waals surface area contributed by atoms with Gasteiger partial charge in [-0.05, 0) is 42.3 Å². The van der Waals surface area contributed by atoms with Crippen LogP contribution in [0.15, 0.2) is 60.9 Å². The number of urea groups is 1. The van der Waals surface area contributed by atoms with Gasteiger partial charge in [0.15, 0.2) is 0 Å². The van der Waals surface area contributed by atoms with Crippen molar-refractivity contribution in [2.24, 2.45) is 7.05 Å². The maximum Gasteiger partial charge on any atom is 0.322 e. The molecular weight excluding hydrogens is 348 g/mol. The van der Waals surface area contributed by atoms with Gasteiger partial charge < -0.3 is 14.8 Å². The quantitative estimate of drug-likeness (QED) is 0.729. The molecule has 0 aliphatic heterocycles. The minimum atomic E-state index is -0.336. The number of halogens is 1. The van der Waals surface area contributed by atoms with Gasteiger partial charge in [-0.1, -0.05) is 35.9 Å². The molecule has 0 saturated carbocycles. The number of aryl methyl sites for hydroxylation is 2.